The molecule has 0 spiro atoms. The molecule has 0 radical (unpaired) electrons. The van der Waals surface area contributed by atoms with Gasteiger partial charge < -0.3 is 10.5 Å². The summed E-state index contributed by atoms with van der Waals surface area (Å²) in [4.78, 5) is 11.1. The van der Waals surface area contributed by atoms with Crippen LogP contribution in [0.25, 0.3) is 0 Å². The molecule has 0 aliphatic rings. The van der Waals surface area contributed by atoms with Crippen molar-refractivity contribution >= 4 is 27.7 Å². The third-order valence-corrected chi connectivity index (χ3v) is 2.26. The van der Waals surface area contributed by atoms with Gasteiger partial charge in [-0.15, -0.1) is 0 Å². The van der Waals surface area contributed by atoms with Crippen LogP contribution in [0.15, 0.2) is 10.7 Å². The van der Waals surface area contributed by atoms with Gasteiger partial charge in [0.15, 0.2) is 5.82 Å². The summed E-state index contributed by atoms with van der Waals surface area (Å²) in [6.07, 6.45) is 1.64. The molecule has 72 valence electrons. The Morgan fingerprint density at radius 2 is 2.46 bits per heavy atom. The quantitative estimate of drug-likeness (QED) is 0.791. The van der Waals surface area contributed by atoms with E-state index in [2.05, 4.69) is 25.8 Å². The second kappa shape index (κ2) is 3.78. The molecular formula is C7H10BrN3O2. The predicted molar refractivity (Wildman–Crippen MR) is 51.1 cm³/mol. The Labute approximate surface area is 84.0 Å². The molecule has 1 aromatic rings. The first kappa shape index (κ1) is 10.0. The number of aromatic nitrogens is 2. The minimum Gasteiger partial charge on any atom is -0.467 e. The summed E-state index contributed by atoms with van der Waals surface area (Å²) in [5, 5.41) is 3.93. The summed E-state index contributed by atoms with van der Waals surface area (Å²) >= 11 is 3.19. The van der Waals surface area contributed by atoms with Crippen molar-refractivity contribution < 1.29 is 9.53 Å². The van der Waals surface area contributed by atoms with Crippen LogP contribution in [-0.2, 0) is 9.53 Å². The van der Waals surface area contributed by atoms with Crippen molar-refractivity contribution in [2.24, 2.45) is 0 Å². The number of methoxy groups -OCH3 is 1. The van der Waals surface area contributed by atoms with E-state index in [1.54, 1.807) is 13.1 Å². The number of anilines is 1. The van der Waals surface area contributed by atoms with Gasteiger partial charge in [0.25, 0.3) is 0 Å². The first-order valence-corrected chi connectivity index (χ1v) is 4.43. The number of hydrogen-bond acceptors (Lipinski definition) is 4. The van der Waals surface area contributed by atoms with Crippen LogP contribution in [0.2, 0.25) is 0 Å². The van der Waals surface area contributed by atoms with Crippen LogP contribution in [0.1, 0.15) is 13.0 Å². The summed E-state index contributed by atoms with van der Waals surface area (Å²) in [5.41, 5.74) is 5.49. The zero-order valence-electron chi connectivity index (χ0n) is 7.32. The van der Waals surface area contributed by atoms with E-state index in [0.29, 0.717) is 10.3 Å². The monoisotopic (exact) mass is 247 g/mol. The minimum atomic E-state index is -0.460. The zero-order valence-corrected chi connectivity index (χ0v) is 8.91. The lowest BCUT2D eigenvalue weighted by Gasteiger charge is -2.08. The number of carbonyl (C=O) groups is 1. The number of nitrogens with two attached hydrogens (primary N) is 1. The van der Waals surface area contributed by atoms with Gasteiger partial charge in [0, 0.05) is 6.20 Å². The molecule has 0 aromatic carbocycles. The molecule has 1 unspecified atom stereocenters. The molecule has 0 aliphatic heterocycles. The summed E-state index contributed by atoms with van der Waals surface area (Å²) in [7, 11) is 1.33. The number of esters is 1. The maximum absolute atomic E-state index is 11.1. The van der Waals surface area contributed by atoms with Crippen molar-refractivity contribution in [1.82, 2.24) is 9.78 Å². The van der Waals surface area contributed by atoms with E-state index in [4.69, 9.17) is 5.73 Å². The van der Waals surface area contributed by atoms with Gasteiger partial charge in [-0.1, -0.05) is 0 Å². The summed E-state index contributed by atoms with van der Waals surface area (Å²) in [6, 6.07) is -0.460. The Hall–Kier alpha value is -1.04. The maximum Gasteiger partial charge on any atom is 0.330 e. The van der Waals surface area contributed by atoms with Crippen molar-refractivity contribution in [3.8, 4) is 0 Å². The van der Waals surface area contributed by atoms with Gasteiger partial charge in [-0.25, -0.2) is 4.79 Å². The van der Waals surface area contributed by atoms with E-state index in [1.807, 2.05) is 0 Å². The van der Waals surface area contributed by atoms with Crippen molar-refractivity contribution in [1.29, 1.82) is 0 Å². The number of ether oxygens (including phenoxy) is 1. The average Bonchev–Trinajstić information content (AvgIpc) is 2.44. The minimum absolute atomic E-state index is 0.352. The van der Waals surface area contributed by atoms with Crippen molar-refractivity contribution in [3.05, 3.63) is 10.7 Å². The molecule has 2 N–H and O–H groups in total. The van der Waals surface area contributed by atoms with Gasteiger partial charge in [0.1, 0.15) is 6.04 Å². The van der Waals surface area contributed by atoms with Gasteiger partial charge in [-0.2, -0.15) is 5.10 Å². The van der Waals surface area contributed by atoms with E-state index >= 15 is 0 Å². The third-order valence-electron chi connectivity index (χ3n) is 1.65. The molecule has 0 saturated heterocycles. The van der Waals surface area contributed by atoms with Gasteiger partial charge in [0.05, 0.1) is 11.6 Å². The fourth-order valence-corrected chi connectivity index (χ4v) is 1.15. The Kier molecular flexibility index (Phi) is 2.92. The summed E-state index contributed by atoms with van der Waals surface area (Å²) in [5.74, 6) is 0.00533. The average molecular weight is 248 g/mol. The maximum atomic E-state index is 11.1. The molecule has 1 rings (SSSR count). The Morgan fingerprint density at radius 1 is 1.85 bits per heavy atom. The summed E-state index contributed by atoms with van der Waals surface area (Å²) < 4.78 is 6.68. The first-order valence-electron chi connectivity index (χ1n) is 3.64. The van der Waals surface area contributed by atoms with Crippen molar-refractivity contribution in [3.63, 3.8) is 0 Å². The molecule has 0 saturated carbocycles. The fourth-order valence-electron chi connectivity index (χ4n) is 0.860. The number of rotatable bonds is 2. The molecule has 0 aliphatic carbocycles. The molecule has 0 fully saturated rings. The lowest BCUT2D eigenvalue weighted by Crippen LogP contribution is -2.18. The standard InChI is InChI=1S/C7H10BrN3O2/c1-4(7(12)13-2)11-3-5(8)6(9)10-11/h3-4H,1-2H3,(H2,9,10). The number of nitrogens with zero attached hydrogens (tertiary/aromatic N) is 2. The van der Waals surface area contributed by atoms with Crippen LogP contribution in [-0.4, -0.2) is 22.9 Å². The van der Waals surface area contributed by atoms with E-state index in [0.717, 1.165) is 0 Å². The second-order valence-corrected chi connectivity index (χ2v) is 3.40. The number of halogens is 1. The van der Waals surface area contributed by atoms with Crippen LogP contribution in [0.5, 0.6) is 0 Å². The van der Waals surface area contributed by atoms with Crippen molar-refractivity contribution in [2.45, 2.75) is 13.0 Å². The molecule has 1 atom stereocenters. The van der Waals surface area contributed by atoms with Crippen LogP contribution in [0.4, 0.5) is 5.82 Å². The molecule has 1 heterocycles. The highest BCUT2D eigenvalue weighted by atomic mass is 79.9. The van der Waals surface area contributed by atoms with E-state index in [9.17, 15) is 4.79 Å². The van der Waals surface area contributed by atoms with Gasteiger partial charge in [0.2, 0.25) is 0 Å². The van der Waals surface area contributed by atoms with Gasteiger partial charge in [-0.3, -0.25) is 4.68 Å². The number of hydrogen-bond donors (Lipinski definition) is 1. The highest BCUT2D eigenvalue weighted by Gasteiger charge is 2.17. The van der Waals surface area contributed by atoms with Crippen LogP contribution in [0.3, 0.4) is 0 Å². The zero-order chi connectivity index (χ0) is 10.0. The van der Waals surface area contributed by atoms with Crippen molar-refractivity contribution in [2.75, 3.05) is 12.8 Å². The largest absolute Gasteiger partial charge is 0.467 e. The molecule has 13 heavy (non-hydrogen) atoms. The molecule has 6 heteroatoms. The SMILES string of the molecule is COC(=O)C(C)n1cc(Br)c(N)n1. The predicted octanol–water partition coefficient (Wildman–Crippen LogP) is 0.962. The molecular weight excluding hydrogens is 238 g/mol. The Bertz CT molecular complexity index is 304. The Morgan fingerprint density at radius 3 is 2.85 bits per heavy atom. The van der Waals surface area contributed by atoms with Crippen LogP contribution in [0, 0.1) is 0 Å². The summed E-state index contributed by atoms with van der Waals surface area (Å²) in [6.45, 7) is 1.69. The molecule has 5 nitrogen and oxygen atoms in total. The Balaban J connectivity index is 2.89. The van der Waals surface area contributed by atoms with Crippen LogP contribution >= 0.6 is 15.9 Å². The topological polar surface area (TPSA) is 70.1 Å². The first-order chi connectivity index (χ1) is 6.06. The van der Waals surface area contributed by atoms with Gasteiger partial charge >= 0.3 is 5.97 Å². The lowest BCUT2D eigenvalue weighted by molar-refractivity contribution is -0.144. The smallest absolute Gasteiger partial charge is 0.330 e. The number of carbonyl (C=O) groups excluding carboxylic acids is 1. The van der Waals surface area contributed by atoms with Crippen LogP contribution < -0.4 is 5.73 Å². The molecule has 0 bridgehead atoms. The highest BCUT2D eigenvalue weighted by molar-refractivity contribution is 9.10. The normalized spacial score (nSPS) is 12.5. The molecule has 1 aromatic heterocycles. The number of nitrogen functional groups attached to an aromatic ring is 1. The highest BCUT2D eigenvalue weighted by Crippen LogP contribution is 2.19. The van der Waals surface area contributed by atoms with E-state index in [-0.39, 0.29) is 5.97 Å². The third kappa shape index (κ3) is 2.00. The van der Waals surface area contributed by atoms with E-state index in [1.165, 1.54) is 11.8 Å². The lowest BCUT2D eigenvalue weighted by atomic mass is 10.3. The second-order valence-electron chi connectivity index (χ2n) is 2.54. The van der Waals surface area contributed by atoms with Gasteiger partial charge in [-0.05, 0) is 22.9 Å². The molecule has 0 amide bonds. The fraction of sp³-hybridized carbons (Fsp3) is 0.429. The van der Waals surface area contributed by atoms with E-state index < -0.39 is 6.04 Å².